The first-order valence-electron chi connectivity index (χ1n) is 12.6. The number of Topliss-reactive ketones (excluding diaryl/α,β-unsaturated/α-hetero) is 1. The molecule has 0 atom stereocenters. The lowest BCUT2D eigenvalue weighted by molar-refractivity contribution is 0.0985. The quantitative estimate of drug-likeness (QED) is 0.402. The largest absolute Gasteiger partial charge is 0.496 e. The van der Waals surface area contributed by atoms with Gasteiger partial charge in [-0.25, -0.2) is 0 Å². The number of benzene rings is 3. The average Bonchev–Trinajstić information content (AvgIpc) is 2.93. The molecule has 0 saturated carbocycles. The highest BCUT2D eigenvalue weighted by Crippen LogP contribution is 2.41. The Morgan fingerprint density at radius 1 is 0.973 bits per heavy atom. The molecule has 0 bridgehead atoms. The van der Waals surface area contributed by atoms with Crippen molar-refractivity contribution in [2.24, 2.45) is 0 Å². The molecule has 1 aliphatic rings. The van der Waals surface area contributed by atoms with E-state index in [1.807, 2.05) is 42.5 Å². The second kappa shape index (κ2) is 11.0. The van der Waals surface area contributed by atoms with Crippen LogP contribution in [0.4, 0.5) is 5.69 Å². The minimum absolute atomic E-state index is 0.182. The van der Waals surface area contributed by atoms with Crippen LogP contribution in [0.25, 0.3) is 11.1 Å². The number of ketones is 1. The third-order valence-electron chi connectivity index (χ3n) is 7.32. The maximum Gasteiger partial charge on any atom is 0.256 e. The number of methoxy groups -OCH3 is 1. The summed E-state index contributed by atoms with van der Waals surface area (Å²) in [7, 11) is 1.60. The zero-order valence-electron chi connectivity index (χ0n) is 21.9. The van der Waals surface area contributed by atoms with Gasteiger partial charge in [0.25, 0.3) is 5.91 Å². The van der Waals surface area contributed by atoms with E-state index in [1.54, 1.807) is 31.4 Å². The van der Waals surface area contributed by atoms with Gasteiger partial charge in [0.2, 0.25) is 0 Å². The molecule has 0 unspecified atom stereocenters. The number of hydrogen-bond acceptors (Lipinski definition) is 5. The Bertz CT molecular complexity index is 1330. The lowest BCUT2D eigenvalue weighted by atomic mass is 9.73. The molecule has 0 spiro atoms. The molecule has 0 radical (unpaired) electrons. The van der Waals surface area contributed by atoms with E-state index in [4.69, 9.17) is 4.74 Å². The molecule has 37 heavy (non-hydrogen) atoms. The van der Waals surface area contributed by atoms with E-state index in [0.717, 1.165) is 29.8 Å². The van der Waals surface area contributed by atoms with Gasteiger partial charge in [-0.2, -0.15) is 5.26 Å². The Kier molecular flexibility index (Phi) is 7.75. The number of likely N-dealkylation sites (tertiary alicyclic amines) is 1. The molecule has 1 saturated heterocycles. The molecule has 6 heteroatoms. The molecule has 0 aliphatic carbocycles. The van der Waals surface area contributed by atoms with Crippen molar-refractivity contribution in [2.75, 3.05) is 25.5 Å². The molecule has 1 amide bonds. The number of carbonyl (C=O) groups excluding carboxylic acids is 2. The fourth-order valence-electron chi connectivity index (χ4n) is 5.07. The van der Waals surface area contributed by atoms with E-state index in [-0.39, 0.29) is 11.7 Å². The van der Waals surface area contributed by atoms with Crippen LogP contribution >= 0.6 is 0 Å². The monoisotopic (exact) mass is 495 g/mol. The van der Waals surface area contributed by atoms with E-state index < -0.39 is 5.41 Å². The van der Waals surface area contributed by atoms with Crippen molar-refractivity contribution in [3.63, 3.8) is 0 Å². The SMILES string of the molecule is COc1ccc(NC(=O)c2ccc(-c3ccccc3)cc2C(C)=O)cc1C1(C#N)CCN(C(C)C)CC1. The maximum absolute atomic E-state index is 13.3. The predicted molar refractivity (Wildman–Crippen MR) is 146 cm³/mol. The standard InChI is InChI=1S/C31H33N3O3/c1-21(2)34-16-14-31(20-32,15-17-34)28-19-25(11-13-29(28)37-4)33-30(36)26-12-10-24(18-27(26)22(3)35)23-8-6-5-7-9-23/h5-13,18-19,21H,14-17H2,1-4H3,(H,33,36). The Hall–Kier alpha value is -3.95. The third kappa shape index (κ3) is 5.42. The minimum Gasteiger partial charge on any atom is -0.496 e. The van der Waals surface area contributed by atoms with Crippen LogP contribution in [0, 0.1) is 11.3 Å². The lowest BCUT2D eigenvalue weighted by Crippen LogP contribution is -2.44. The highest BCUT2D eigenvalue weighted by molar-refractivity contribution is 6.12. The molecule has 190 valence electrons. The first kappa shape index (κ1) is 26.1. The Balaban J connectivity index is 1.64. The van der Waals surface area contributed by atoms with Crippen LogP contribution in [0.1, 0.15) is 59.9 Å². The van der Waals surface area contributed by atoms with Gasteiger partial charge < -0.3 is 15.0 Å². The Morgan fingerprint density at radius 2 is 1.68 bits per heavy atom. The second-order valence-corrected chi connectivity index (χ2v) is 9.88. The molecular formula is C31H33N3O3. The molecule has 6 nitrogen and oxygen atoms in total. The summed E-state index contributed by atoms with van der Waals surface area (Å²) < 4.78 is 5.63. The normalized spacial score (nSPS) is 15.1. The molecule has 1 N–H and O–H groups in total. The lowest BCUT2D eigenvalue weighted by Gasteiger charge is -2.40. The maximum atomic E-state index is 13.3. The summed E-state index contributed by atoms with van der Waals surface area (Å²) in [5.41, 5.74) is 3.17. The third-order valence-corrected chi connectivity index (χ3v) is 7.32. The van der Waals surface area contributed by atoms with Gasteiger partial charge in [-0.15, -0.1) is 0 Å². The molecule has 3 aromatic rings. The Morgan fingerprint density at radius 3 is 2.27 bits per heavy atom. The van der Waals surface area contributed by atoms with Gasteiger partial charge in [-0.05, 0) is 75.1 Å². The fraction of sp³-hybridized carbons (Fsp3) is 0.323. The van der Waals surface area contributed by atoms with Gasteiger partial charge in [0, 0.05) is 35.9 Å². The summed E-state index contributed by atoms with van der Waals surface area (Å²) in [4.78, 5) is 28.2. The number of hydrogen-bond donors (Lipinski definition) is 1. The van der Waals surface area contributed by atoms with Gasteiger partial charge in [-0.1, -0.05) is 36.4 Å². The van der Waals surface area contributed by atoms with Gasteiger partial charge in [-0.3, -0.25) is 9.59 Å². The van der Waals surface area contributed by atoms with E-state index in [1.165, 1.54) is 6.92 Å². The minimum atomic E-state index is -0.695. The molecule has 4 rings (SSSR count). The number of carbonyl (C=O) groups is 2. The predicted octanol–water partition coefficient (Wildman–Crippen LogP) is 6.08. The number of ether oxygens (including phenoxy) is 1. The number of nitrogens with zero attached hydrogens (tertiary/aromatic N) is 2. The van der Waals surface area contributed by atoms with Gasteiger partial charge >= 0.3 is 0 Å². The van der Waals surface area contributed by atoms with Crippen LogP contribution in [0.15, 0.2) is 66.7 Å². The summed E-state index contributed by atoms with van der Waals surface area (Å²) in [6, 6.07) is 23.4. The van der Waals surface area contributed by atoms with Crippen molar-refractivity contribution >= 4 is 17.4 Å². The molecule has 0 aromatic heterocycles. The van der Waals surface area contributed by atoms with Crippen molar-refractivity contribution in [2.45, 2.75) is 45.1 Å². The van der Waals surface area contributed by atoms with Crippen LogP contribution in [-0.2, 0) is 5.41 Å². The van der Waals surface area contributed by atoms with E-state index >= 15 is 0 Å². The number of amides is 1. The van der Waals surface area contributed by atoms with Crippen molar-refractivity contribution < 1.29 is 14.3 Å². The summed E-state index contributed by atoms with van der Waals surface area (Å²) >= 11 is 0. The van der Waals surface area contributed by atoms with Crippen LogP contribution in [0.2, 0.25) is 0 Å². The van der Waals surface area contributed by atoms with E-state index in [2.05, 4.69) is 30.1 Å². The first-order chi connectivity index (χ1) is 17.8. The Labute approximate surface area is 218 Å². The number of nitriles is 1. The smallest absolute Gasteiger partial charge is 0.256 e. The van der Waals surface area contributed by atoms with Crippen molar-refractivity contribution in [3.8, 4) is 22.9 Å². The van der Waals surface area contributed by atoms with Crippen LogP contribution < -0.4 is 10.1 Å². The van der Waals surface area contributed by atoms with Crippen LogP contribution in [-0.4, -0.2) is 42.8 Å². The van der Waals surface area contributed by atoms with Crippen LogP contribution in [0.3, 0.4) is 0 Å². The molecule has 1 aliphatic heterocycles. The molecule has 3 aromatic carbocycles. The van der Waals surface area contributed by atoms with E-state index in [0.29, 0.717) is 41.4 Å². The van der Waals surface area contributed by atoms with Gasteiger partial charge in [0.15, 0.2) is 5.78 Å². The number of anilines is 1. The second-order valence-electron chi connectivity index (χ2n) is 9.88. The zero-order chi connectivity index (χ0) is 26.6. The van der Waals surface area contributed by atoms with Gasteiger partial charge in [0.1, 0.15) is 5.75 Å². The van der Waals surface area contributed by atoms with Crippen molar-refractivity contribution in [3.05, 3.63) is 83.4 Å². The highest BCUT2D eigenvalue weighted by atomic mass is 16.5. The topological polar surface area (TPSA) is 82.4 Å². The summed E-state index contributed by atoms with van der Waals surface area (Å²) in [6.07, 6.45) is 1.37. The summed E-state index contributed by atoms with van der Waals surface area (Å²) in [5.74, 6) is 0.0782. The molecular weight excluding hydrogens is 462 g/mol. The van der Waals surface area contributed by atoms with Gasteiger partial charge in [0.05, 0.1) is 24.2 Å². The highest BCUT2D eigenvalue weighted by Gasteiger charge is 2.39. The number of rotatable bonds is 7. The van der Waals surface area contributed by atoms with Crippen molar-refractivity contribution in [1.82, 2.24) is 4.90 Å². The average molecular weight is 496 g/mol. The summed E-state index contributed by atoms with van der Waals surface area (Å²) in [5, 5.41) is 13.2. The first-order valence-corrected chi connectivity index (χ1v) is 12.6. The number of piperidine rings is 1. The van der Waals surface area contributed by atoms with E-state index in [9.17, 15) is 14.9 Å². The molecule has 1 heterocycles. The molecule has 1 fully saturated rings. The fourth-order valence-corrected chi connectivity index (χ4v) is 5.07. The number of nitrogens with one attached hydrogen (secondary N) is 1. The summed E-state index contributed by atoms with van der Waals surface area (Å²) in [6.45, 7) is 7.43. The van der Waals surface area contributed by atoms with Crippen LogP contribution in [0.5, 0.6) is 5.75 Å². The zero-order valence-corrected chi connectivity index (χ0v) is 21.9. The van der Waals surface area contributed by atoms with Crippen molar-refractivity contribution in [1.29, 1.82) is 5.26 Å².